The van der Waals surface area contributed by atoms with Crippen LogP contribution in [0.5, 0.6) is 5.75 Å². The molecule has 0 aliphatic carbocycles. The number of ether oxygens (including phenoxy) is 1. The lowest BCUT2D eigenvalue weighted by molar-refractivity contribution is -0.146. The van der Waals surface area contributed by atoms with Crippen LogP contribution in [0, 0.1) is 24.2 Å². The molecule has 0 amide bonds. The summed E-state index contributed by atoms with van der Waals surface area (Å²) in [6, 6.07) is 7.40. The third-order valence-corrected chi connectivity index (χ3v) is 5.62. The van der Waals surface area contributed by atoms with Crippen LogP contribution in [0.4, 0.5) is 0 Å². The summed E-state index contributed by atoms with van der Waals surface area (Å²) in [7, 11) is 1.60. The number of terminal acetylenes is 1. The molecule has 28 heavy (non-hydrogen) atoms. The molecule has 6 nitrogen and oxygen atoms in total. The van der Waals surface area contributed by atoms with Crippen molar-refractivity contribution in [1.82, 2.24) is 9.88 Å². The lowest BCUT2D eigenvalue weighted by Gasteiger charge is -2.36. The number of benzene rings is 1. The van der Waals surface area contributed by atoms with Crippen molar-refractivity contribution >= 4 is 16.9 Å². The third kappa shape index (κ3) is 4.44. The molecule has 1 unspecified atom stereocenters. The molecular formula is C22H26N2O4. The minimum atomic E-state index is -0.791. The number of likely N-dealkylation sites (tertiary alicyclic amines) is 1. The number of piperidine rings is 1. The van der Waals surface area contributed by atoms with Crippen LogP contribution < -0.4 is 4.74 Å². The van der Waals surface area contributed by atoms with E-state index in [0.29, 0.717) is 31.7 Å². The molecule has 0 spiro atoms. The van der Waals surface area contributed by atoms with E-state index in [1.165, 1.54) is 0 Å². The van der Waals surface area contributed by atoms with E-state index in [-0.39, 0.29) is 5.92 Å². The molecule has 0 radical (unpaired) electrons. The summed E-state index contributed by atoms with van der Waals surface area (Å²) in [4.78, 5) is 18.1. The number of carboxylic acid groups (broad SMARTS) is 1. The predicted octanol–water partition coefficient (Wildman–Crippen LogP) is 2.71. The number of aromatic nitrogens is 1. The van der Waals surface area contributed by atoms with Crippen molar-refractivity contribution in [2.75, 3.05) is 26.7 Å². The number of hydrogen-bond acceptors (Lipinski definition) is 5. The molecule has 0 saturated carbocycles. The SMILES string of the molecule is C#CCN1CC[C@@H](CCC(O)c2ccnc3ccc(OC)cc23)[C@@H](C(=O)O)C1. The van der Waals surface area contributed by atoms with Crippen molar-refractivity contribution < 1.29 is 19.7 Å². The molecule has 1 aromatic heterocycles. The van der Waals surface area contributed by atoms with Gasteiger partial charge in [0, 0.05) is 18.1 Å². The van der Waals surface area contributed by atoms with Gasteiger partial charge >= 0.3 is 5.97 Å². The van der Waals surface area contributed by atoms with Gasteiger partial charge in [-0.15, -0.1) is 6.42 Å². The second-order valence-corrected chi connectivity index (χ2v) is 7.31. The molecule has 1 saturated heterocycles. The van der Waals surface area contributed by atoms with Gasteiger partial charge in [0.1, 0.15) is 5.75 Å². The lowest BCUT2D eigenvalue weighted by Crippen LogP contribution is -2.44. The van der Waals surface area contributed by atoms with E-state index in [9.17, 15) is 15.0 Å². The van der Waals surface area contributed by atoms with Gasteiger partial charge in [-0.05, 0) is 61.6 Å². The van der Waals surface area contributed by atoms with Crippen molar-refractivity contribution in [1.29, 1.82) is 0 Å². The van der Waals surface area contributed by atoms with Crippen LogP contribution >= 0.6 is 0 Å². The Labute approximate surface area is 165 Å². The fourth-order valence-corrected chi connectivity index (χ4v) is 4.06. The quantitative estimate of drug-likeness (QED) is 0.717. The molecular weight excluding hydrogens is 356 g/mol. The number of nitrogens with zero attached hydrogens (tertiary/aromatic N) is 2. The number of rotatable bonds is 7. The van der Waals surface area contributed by atoms with Crippen LogP contribution in [0.25, 0.3) is 10.9 Å². The smallest absolute Gasteiger partial charge is 0.308 e. The Morgan fingerprint density at radius 3 is 3.00 bits per heavy atom. The standard InChI is InChI=1S/C22H26N2O4/c1-3-11-24-12-9-15(19(14-24)22(26)27)4-7-21(25)17-8-10-23-20-6-5-16(28-2)13-18(17)20/h1,5-6,8,10,13,15,19,21,25H,4,7,9,11-12,14H2,2H3,(H,26,27)/t15-,19+,21?/m1/s1. The summed E-state index contributed by atoms with van der Waals surface area (Å²) < 4.78 is 5.29. The number of carboxylic acids is 1. The zero-order chi connectivity index (χ0) is 20.1. The fraction of sp³-hybridized carbons (Fsp3) is 0.455. The van der Waals surface area contributed by atoms with E-state index in [4.69, 9.17) is 11.2 Å². The molecule has 3 rings (SSSR count). The van der Waals surface area contributed by atoms with Crippen LogP contribution in [0.3, 0.4) is 0 Å². The third-order valence-electron chi connectivity index (χ3n) is 5.62. The maximum atomic E-state index is 11.7. The van der Waals surface area contributed by atoms with Gasteiger partial charge in [-0.2, -0.15) is 0 Å². The summed E-state index contributed by atoms with van der Waals surface area (Å²) in [5, 5.41) is 21.3. The van der Waals surface area contributed by atoms with Gasteiger partial charge in [0.15, 0.2) is 0 Å². The molecule has 2 heterocycles. The molecule has 6 heteroatoms. The Balaban J connectivity index is 1.71. The van der Waals surface area contributed by atoms with E-state index < -0.39 is 18.0 Å². The highest BCUT2D eigenvalue weighted by Gasteiger charge is 2.34. The fourth-order valence-electron chi connectivity index (χ4n) is 4.06. The summed E-state index contributed by atoms with van der Waals surface area (Å²) in [5.74, 6) is 2.08. The summed E-state index contributed by atoms with van der Waals surface area (Å²) in [5.41, 5.74) is 1.59. The van der Waals surface area contributed by atoms with Gasteiger partial charge in [-0.25, -0.2) is 0 Å². The van der Waals surface area contributed by atoms with Crippen molar-refractivity contribution in [3.05, 3.63) is 36.0 Å². The largest absolute Gasteiger partial charge is 0.497 e. The Hall–Kier alpha value is -2.62. The summed E-state index contributed by atoms with van der Waals surface area (Å²) in [6.07, 6.45) is 8.28. The van der Waals surface area contributed by atoms with Gasteiger partial charge in [-0.1, -0.05) is 5.92 Å². The van der Waals surface area contributed by atoms with Gasteiger partial charge < -0.3 is 14.9 Å². The molecule has 2 N–H and O–H groups in total. The topological polar surface area (TPSA) is 82.9 Å². The molecule has 1 aliphatic rings. The van der Waals surface area contributed by atoms with Crippen LogP contribution in [-0.4, -0.2) is 52.8 Å². The minimum Gasteiger partial charge on any atom is -0.497 e. The highest BCUT2D eigenvalue weighted by molar-refractivity contribution is 5.83. The molecule has 1 fully saturated rings. The number of methoxy groups -OCH3 is 1. The highest BCUT2D eigenvalue weighted by Crippen LogP contribution is 2.33. The molecule has 2 aromatic rings. The van der Waals surface area contributed by atoms with Crippen molar-refractivity contribution in [3.8, 4) is 18.1 Å². The molecule has 148 valence electrons. The van der Waals surface area contributed by atoms with Gasteiger partial charge in [-0.3, -0.25) is 14.7 Å². The lowest BCUT2D eigenvalue weighted by atomic mass is 9.81. The Bertz CT molecular complexity index is 876. The van der Waals surface area contributed by atoms with E-state index >= 15 is 0 Å². The van der Waals surface area contributed by atoms with Gasteiger partial charge in [0.05, 0.1) is 31.2 Å². The number of hydrogen-bond donors (Lipinski definition) is 2. The maximum absolute atomic E-state index is 11.7. The van der Waals surface area contributed by atoms with Crippen LogP contribution in [0.1, 0.15) is 30.9 Å². The van der Waals surface area contributed by atoms with E-state index in [1.807, 2.05) is 29.2 Å². The Morgan fingerprint density at radius 2 is 2.29 bits per heavy atom. The Kier molecular flexibility index (Phi) is 6.50. The average molecular weight is 382 g/mol. The normalized spacial score (nSPS) is 21.2. The second kappa shape index (κ2) is 9.05. The monoisotopic (exact) mass is 382 g/mol. The number of aliphatic hydroxyl groups excluding tert-OH is 1. The molecule has 0 bridgehead atoms. The zero-order valence-electron chi connectivity index (χ0n) is 16.0. The number of aliphatic hydroxyl groups is 1. The molecule has 1 aromatic carbocycles. The first-order valence-corrected chi connectivity index (χ1v) is 9.52. The first-order chi connectivity index (χ1) is 13.5. The number of aliphatic carboxylic acids is 1. The van der Waals surface area contributed by atoms with Crippen LogP contribution in [0.2, 0.25) is 0 Å². The first-order valence-electron chi connectivity index (χ1n) is 9.52. The Morgan fingerprint density at radius 1 is 1.46 bits per heavy atom. The van der Waals surface area contributed by atoms with Crippen LogP contribution in [-0.2, 0) is 4.79 Å². The highest BCUT2D eigenvalue weighted by atomic mass is 16.5. The van der Waals surface area contributed by atoms with Crippen molar-refractivity contribution in [3.63, 3.8) is 0 Å². The predicted molar refractivity (Wildman–Crippen MR) is 107 cm³/mol. The minimum absolute atomic E-state index is 0.0313. The van der Waals surface area contributed by atoms with E-state index in [1.54, 1.807) is 13.3 Å². The summed E-state index contributed by atoms with van der Waals surface area (Å²) >= 11 is 0. The maximum Gasteiger partial charge on any atom is 0.308 e. The molecule has 3 atom stereocenters. The number of carbonyl (C=O) groups is 1. The average Bonchev–Trinajstić information content (AvgIpc) is 2.71. The number of pyridine rings is 1. The van der Waals surface area contributed by atoms with E-state index in [0.717, 1.165) is 29.4 Å². The number of fused-ring (bicyclic) bond motifs is 1. The molecule has 1 aliphatic heterocycles. The van der Waals surface area contributed by atoms with Crippen LogP contribution in [0.15, 0.2) is 30.5 Å². The first kappa shape index (κ1) is 20.1. The van der Waals surface area contributed by atoms with Gasteiger partial charge in [0.25, 0.3) is 0 Å². The van der Waals surface area contributed by atoms with Crippen molar-refractivity contribution in [2.24, 2.45) is 11.8 Å². The second-order valence-electron chi connectivity index (χ2n) is 7.31. The van der Waals surface area contributed by atoms with Gasteiger partial charge in [0.2, 0.25) is 0 Å². The zero-order valence-corrected chi connectivity index (χ0v) is 16.0. The summed E-state index contributed by atoms with van der Waals surface area (Å²) in [6.45, 7) is 1.74. The van der Waals surface area contributed by atoms with E-state index in [2.05, 4.69) is 10.9 Å². The van der Waals surface area contributed by atoms with Crippen molar-refractivity contribution in [2.45, 2.75) is 25.4 Å².